The molecule has 2 aliphatic heterocycles. The number of amides is 5. The first-order valence-electron chi connectivity index (χ1n) is 12.7. The molecule has 0 bridgehead atoms. The summed E-state index contributed by atoms with van der Waals surface area (Å²) in [6.07, 6.45) is 2.11. The SMILES string of the molecule is C[C@H](NC(=O)[C@@H]1CCCN1C(=O)[C@@H](CCCN)NC(=O)N1CCOCC1)C(=O)NCc1ccccc1. The van der Waals surface area contributed by atoms with E-state index >= 15 is 0 Å². The van der Waals surface area contributed by atoms with Gasteiger partial charge in [-0.1, -0.05) is 30.3 Å². The molecule has 5 amide bonds. The Labute approximate surface area is 212 Å². The van der Waals surface area contributed by atoms with Crippen LogP contribution in [0.25, 0.3) is 0 Å². The third-order valence-corrected chi connectivity index (χ3v) is 6.49. The Morgan fingerprint density at radius 1 is 1.08 bits per heavy atom. The highest BCUT2D eigenvalue weighted by Gasteiger charge is 2.38. The number of nitrogens with two attached hydrogens (primary N) is 1. The molecule has 1 aromatic rings. The molecule has 2 heterocycles. The molecular formula is C25H38N6O5. The minimum Gasteiger partial charge on any atom is -0.378 e. The van der Waals surface area contributed by atoms with E-state index in [0.717, 1.165) is 5.56 Å². The zero-order valence-corrected chi connectivity index (χ0v) is 20.9. The van der Waals surface area contributed by atoms with Gasteiger partial charge in [0.2, 0.25) is 17.7 Å². The number of ether oxygens (including phenoxy) is 1. The highest BCUT2D eigenvalue weighted by molar-refractivity contribution is 5.94. The summed E-state index contributed by atoms with van der Waals surface area (Å²) in [6, 6.07) is 6.95. The lowest BCUT2D eigenvalue weighted by Crippen LogP contribution is -2.57. The third kappa shape index (κ3) is 7.66. The van der Waals surface area contributed by atoms with Gasteiger partial charge in [-0.05, 0) is 44.7 Å². The molecule has 5 N–H and O–H groups in total. The van der Waals surface area contributed by atoms with Crippen molar-refractivity contribution in [1.29, 1.82) is 0 Å². The average Bonchev–Trinajstić information content (AvgIpc) is 3.40. The van der Waals surface area contributed by atoms with E-state index in [4.69, 9.17) is 10.5 Å². The standard InChI is InChI=1S/C25H38N6O5/c1-18(22(32)27-17-19-7-3-2-4-8-19)28-23(33)21-10-6-12-31(21)24(34)20(9-5-11-26)29-25(35)30-13-15-36-16-14-30/h2-4,7-8,18,20-21H,5-6,9-17,26H2,1H3,(H,27,32)(H,28,33)(H,29,35)/t18-,20+,21-/m0/s1. The monoisotopic (exact) mass is 502 g/mol. The van der Waals surface area contributed by atoms with Crippen LogP contribution in [0.15, 0.2) is 30.3 Å². The van der Waals surface area contributed by atoms with Gasteiger partial charge in [-0.25, -0.2) is 4.79 Å². The molecule has 2 aliphatic rings. The molecule has 11 heteroatoms. The predicted octanol–water partition coefficient (Wildman–Crippen LogP) is -0.0522. The van der Waals surface area contributed by atoms with Crippen molar-refractivity contribution >= 4 is 23.8 Å². The first-order valence-corrected chi connectivity index (χ1v) is 12.7. The van der Waals surface area contributed by atoms with E-state index in [1.165, 1.54) is 4.90 Å². The third-order valence-electron chi connectivity index (χ3n) is 6.49. The smallest absolute Gasteiger partial charge is 0.318 e. The Hall–Kier alpha value is -3.18. The second kappa shape index (κ2) is 13.8. The number of nitrogens with zero attached hydrogens (tertiary/aromatic N) is 2. The van der Waals surface area contributed by atoms with Gasteiger partial charge in [0.25, 0.3) is 0 Å². The van der Waals surface area contributed by atoms with Gasteiger partial charge in [-0.15, -0.1) is 0 Å². The van der Waals surface area contributed by atoms with Crippen LogP contribution >= 0.6 is 0 Å². The number of morpholine rings is 1. The van der Waals surface area contributed by atoms with Crippen molar-refractivity contribution in [3.8, 4) is 0 Å². The summed E-state index contributed by atoms with van der Waals surface area (Å²) >= 11 is 0. The number of nitrogens with one attached hydrogen (secondary N) is 3. The maximum Gasteiger partial charge on any atom is 0.318 e. The molecule has 0 unspecified atom stereocenters. The van der Waals surface area contributed by atoms with Crippen molar-refractivity contribution in [1.82, 2.24) is 25.8 Å². The van der Waals surface area contributed by atoms with E-state index in [2.05, 4.69) is 16.0 Å². The van der Waals surface area contributed by atoms with Gasteiger partial charge in [-0.3, -0.25) is 14.4 Å². The molecule has 0 aromatic heterocycles. The Bertz CT molecular complexity index is 892. The van der Waals surface area contributed by atoms with E-state index in [9.17, 15) is 19.2 Å². The van der Waals surface area contributed by atoms with E-state index < -0.39 is 18.1 Å². The van der Waals surface area contributed by atoms with Gasteiger partial charge >= 0.3 is 6.03 Å². The number of carbonyl (C=O) groups excluding carboxylic acids is 4. The zero-order valence-electron chi connectivity index (χ0n) is 20.9. The van der Waals surface area contributed by atoms with Crippen LogP contribution in [-0.4, -0.2) is 91.1 Å². The summed E-state index contributed by atoms with van der Waals surface area (Å²) < 4.78 is 5.29. The number of benzene rings is 1. The molecule has 0 saturated carbocycles. The van der Waals surface area contributed by atoms with E-state index in [0.29, 0.717) is 71.6 Å². The number of likely N-dealkylation sites (tertiary alicyclic amines) is 1. The van der Waals surface area contributed by atoms with Crippen molar-refractivity contribution < 1.29 is 23.9 Å². The maximum atomic E-state index is 13.4. The summed E-state index contributed by atoms with van der Waals surface area (Å²) in [5.41, 5.74) is 6.62. The summed E-state index contributed by atoms with van der Waals surface area (Å²) in [4.78, 5) is 54.8. The summed E-state index contributed by atoms with van der Waals surface area (Å²) in [6.45, 7) is 4.62. The Morgan fingerprint density at radius 2 is 1.81 bits per heavy atom. The molecule has 3 rings (SSSR count). The molecule has 0 aliphatic carbocycles. The molecule has 1 aromatic carbocycles. The van der Waals surface area contributed by atoms with Crippen LogP contribution in [0.3, 0.4) is 0 Å². The fourth-order valence-electron chi connectivity index (χ4n) is 4.40. The molecule has 3 atom stereocenters. The molecule has 11 nitrogen and oxygen atoms in total. The lowest BCUT2D eigenvalue weighted by molar-refractivity contribution is -0.140. The molecule has 2 saturated heterocycles. The van der Waals surface area contributed by atoms with Crippen molar-refractivity contribution in [2.24, 2.45) is 5.73 Å². The van der Waals surface area contributed by atoms with Crippen LogP contribution in [0.2, 0.25) is 0 Å². The summed E-state index contributed by atoms with van der Waals surface area (Å²) in [7, 11) is 0. The Kier molecular flexibility index (Phi) is 10.5. The lowest BCUT2D eigenvalue weighted by atomic mass is 10.1. The zero-order chi connectivity index (χ0) is 25.9. The number of rotatable bonds is 10. The Balaban J connectivity index is 1.57. The van der Waals surface area contributed by atoms with Gasteiger partial charge in [0.15, 0.2) is 0 Å². The van der Waals surface area contributed by atoms with Crippen LogP contribution in [0.5, 0.6) is 0 Å². The predicted molar refractivity (Wildman–Crippen MR) is 134 cm³/mol. The first kappa shape index (κ1) is 27.4. The molecule has 36 heavy (non-hydrogen) atoms. The maximum absolute atomic E-state index is 13.4. The molecule has 0 spiro atoms. The van der Waals surface area contributed by atoms with Gasteiger partial charge in [0, 0.05) is 26.2 Å². The number of urea groups is 1. The highest BCUT2D eigenvalue weighted by atomic mass is 16.5. The van der Waals surface area contributed by atoms with Crippen molar-refractivity contribution in [2.75, 3.05) is 39.4 Å². The first-order chi connectivity index (χ1) is 17.4. The molecule has 198 valence electrons. The van der Waals surface area contributed by atoms with Gasteiger partial charge in [0.05, 0.1) is 13.2 Å². The van der Waals surface area contributed by atoms with Crippen molar-refractivity contribution in [3.05, 3.63) is 35.9 Å². The lowest BCUT2D eigenvalue weighted by Gasteiger charge is -2.32. The van der Waals surface area contributed by atoms with Gasteiger partial charge in [-0.2, -0.15) is 0 Å². The largest absolute Gasteiger partial charge is 0.378 e. The van der Waals surface area contributed by atoms with E-state index in [1.54, 1.807) is 11.8 Å². The fourth-order valence-corrected chi connectivity index (χ4v) is 4.40. The normalized spacial score (nSPS) is 19.3. The van der Waals surface area contributed by atoms with Gasteiger partial charge in [0.1, 0.15) is 18.1 Å². The highest BCUT2D eigenvalue weighted by Crippen LogP contribution is 2.20. The number of carbonyl (C=O) groups is 4. The van der Waals surface area contributed by atoms with Crippen LogP contribution < -0.4 is 21.7 Å². The van der Waals surface area contributed by atoms with Crippen LogP contribution in [0, 0.1) is 0 Å². The van der Waals surface area contributed by atoms with Crippen LogP contribution in [-0.2, 0) is 25.7 Å². The topological polar surface area (TPSA) is 146 Å². The van der Waals surface area contributed by atoms with Crippen molar-refractivity contribution in [3.63, 3.8) is 0 Å². The van der Waals surface area contributed by atoms with Gasteiger partial charge < -0.3 is 36.2 Å². The minimum atomic E-state index is -0.774. The van der Waals surface area contributed by atoms with E-state index in [-0.39, 0.29) is 23.8 Å². The second-order valence-corrected chi connectivity index (χ2v) is 9.16. The Morgan fingerprint density at radius 3 is 2.50 bits per heavy atom. The average molecular weight is 503 g/mol. The van der Waals surface area contributed by atoms with E-state index in [1.807, 2.05) is 30.3 Å². The van der Waals surface area contributed by atoms with Crippen LogP contribution in [0.4, 0.5) is 4.79 Å². The summed E-state index contributed by atoms with van der Waals surface area (Å²) in [5.74, 6) is -0.981. The molecule has 0 radical (unpaired) electrons. The number of hydrogen-bond donors (Lipinski definition) is 4. The summed E-state index contributed by atoms with van der Waals surface area (Å²) in [5, 5.41) is 8.40. The molecule has 2 fully saturated rings. The molecular weight excluding hydrogens is 464 g/mol. The quantitative estimate of drug-likeness (QED) is 0.353. The minimum absolute atomic E-state index is 0.302. The fraction of sp³-hybridized carbons (Fsp3) is 0.600. The van der Waals surface area contributed by atoms with Crippen LogP contribution in [0.1, 0.15) is 38.2 Å². The number of hydrogen-bond acceptors (Lipinski definition) is 6. The van der Waals surface area contributed by atoms with Crippen molar-refractivity contribution in [2.45, 2.75) is 57.3 Å². The second-order valence-electron chi connectivity index (χ2n) is 9.16.